The van der Waals surface area contributed by atoms with Gasteiger partial charge in [0.05, 0.1) is 12.7 Å². The zero-order valence-corrected chi connectivity index (χ0v) is 19.1. The Balaban J connectivity index is 0.00000261. The number of aliphatic imine (C=N–C) groups is 1. The average Bonchev–Trinajstić information content (AvgIpc) is 3.20. The standard InChI is InChI=1S/C21H33N3O2.HI/c1-4-22-21(23-14-17(3)18-9-7-16(2)8-10-18)24-11-13-26-20(15-24)19-6-5-12-25-19;/h7-10,17,19-20H,4-6,11-15H2,1-3H3,(H,22,23);1H. The molecule has 0 amide bonds. The van der Waals surface area contributed by atoms with Crippen LogP contribution < -0.4 is 5.32 Å². The molecular formula is C21H34IN3O2. The summed E-state index contributed by atoms with van der Waals surface area (Å²) in [6.45, 7) is 11.5. The van der Waals surface area contributed by atoms with Gasteiger partial charge in [-0.25, -0.2) is 0 Å². The van der Waals surface area contributed by atoms with Crippen molar-refractivity contribution in [2.24, 2.45) is 4.99 Å². The Morgan fingerprint density at radius 3 is 2.63 bits per heavy atom. The molecular weight excluding hydrogens is 453 g/mol. The van der Waals surface area contributed by atoms with E-state index < -0.39 is 0 Å². The third-order valence-electron chi connectivity index (χ3n) is 5.27. The van der Waals surface area contributed by atoms with Gasteiger partial charge in [0, 0.05) is 38.7 Å². The lowest BCUT2D eigenvalue weighted by molar-refractivity contribution is -0.0817. The first-order valence-corrected chi connectivity index (χ1v) is 10.0. The third kappa shape index (κ3) is 6.32. The SMILES string of the molecule is CCNC(=NCC(C)c1ccc(C)cc1)N1CCOC(C2CCCO2)C1.I. The van der Waals surface area contributed by atoms with Crippen molar-refractivity contribution in [2.45, 2.75) is 51.7 Å². The summed E-state index contributed by atoms with van der Waals surface area (Å²) in [5.41, 5.74) is 2.64. The number of rotatable bonds is 5. The number of ether oxygens (including phenoxy) is 2. The van der Waals surface area contributed by atoms with Gasteiger partial charge >= 0.3 is 0 Å². The van der Waals surface area contributed by atoms with Gasteiger partial charge < -0.3 is 19.7 Å². The highest BCUT2D eigenvalue weighted by Gasteiger charge is 2.32. The molecule has 3 atom stereocenters. The molecule has 0 bridgehead atoms. The average molecular weight is 487 g/mol. The minimum atomic E-state index is 0. The van der Waals surface area contributed by atoms with Crippen LogP contribution >= 0.6 is 24.0 Å². The van der Waals surface area contributed by atoms with Gasteiger partial charge in [-0.15, -0.1) is 24.0 Å². The Morgan fingerprint density at radius 2 is 1.96 bits per heavy atom. The number of aryl methyl sites for hydroxylation is 1. The first-order chi connectivity index (χ1) is 12.7. The van der Waals surface area contributed by atoms with Crippen LogP contribution in [0.4, 0.5) is 0 Å². The summed E-state index contributed by atoms with van der Waals surface area (Å²) in [5.74, 6) is 1.40. The van der Waals surface area contributed by atoms with Crippen LogP contribution in [0, 0.1) is 6.92 Å². The predicted molar refractivity (Wildman–Crippen MR) is 121 cm³/mol. The topological polar surface area (TPSA) is 46.1 Å². The number of guanidine groups is 1. The second-order valence-corrected chi connectivity index (χ2v) is 7.41. The highest BCUT2D eigenvalue weighted by molar-refractivity contribution is 14.0. The van der Waals surface area contributed by atoms with E-state index in [-0.39, 0.29) is 36.2 Å². The van der Waals surface area contributed by atoms with Crippen LogP contribution in [0.2, 0.25) is 0 Å². The quantitative estimate of drug-likeness (QED) is 0.392. The molecule has 1 aromatic rings. The van der Waals surface area contributed by atoms with E-state index in [1.165, 1.54) is 11.1 Å². The molecule has 1 N–H and O–H groups in total. The Morgan fingerprint density at radius 1 is 1.22 bits per heavy atom. The van der Waals surface area contributed by atoms with E-state index in [9.17, 15) is 0 Å². The molecule has 0 saturated carbocycles. The number of hydrogen-bond donors (Lipinski definition) is 1. The monoisotopic (exact) mass is 487 g/mol. The normalized spacial score (nSPS) is 24.4. The van der Waals surface area contributed by atoms with Crippen molar-refractivity contribution in [3.05, 3.63) is 35.4 Å². The van der Waals surface area contributed by atoms with Crippen molar-refractivity contribution < 1.29 is 9.47 Å². The molecule has 3 rings (SSSR count). The van der Waals surface area contributed by atoms with Gasteiger partial charge in [0.15, 0.2) is 5.96 Å². The van der Waals surface area contributed by atoms with E-state index in [1.54, 1.807) is 0 Å². The van der Waals surface area contributed by atoms with Crippen molar-refractivity contribution in [3.63, 3.8) is 0 Å². The minimum absolute atomic E-state index is 0. The Labute approximate surface area is 180 Å². The van der Waals surface area contributed by atoms with Crippen LogP contribution in [0.3, 0.4) is 0 Å². The van der Waals surface area contributed by atoms with Crippen LogP contribution in [0.1, 0.15) is 43.7 Å². The molecule has 2 fully saturated rings. The molecule has 2 aliphatic rings. The number of halogens is 1. The van der Waals surface area contributed by atoms with Crippen molar-refractivity contribution >= 4 is 29.9 Å². The van der Waals surface area contributed by atoms with Gasteiger partial charge in [-0.1, -0.05) is 36.8 Å². The number of benzene rings is 1. The summed E-state index contributed by atoms with van der Waals surface area (Å²) < 4.78 is 11.8. The lowest BCUT2D eigenvalue weighted by Crippen LogP contribution is -2.53. The zero-order valence-electron chi connectivity index (χ0n) is 16.8. The second kappa shape index (κ2) is 11.2. The number of morpholine rings is 1. The van der Waals surface area contributed by atoms with Gasteiger partial charge in [0.1, 0.15) is 6.10 Å². The van der Waals surface area contributed by atoms with E-state index in [0.29, 0.717) is 5.92 Å². The second-order valence-electron chi connectivity index (χ2n) is 7.41. The molecule has 27 heavy (non-hydrogen) atoms. The van der Waals surface area contributed by atoms with Crippen molar-refractivity contribution in [1.29, 1.82) is 0 Å². The van der Waals surface area contributed by atoms with Crippen LogP contribution in [-0.2, 0) is 9.47 Å². The Bertz CT molecular complexity index is 588. The summed E-state index contributed by atoms with van der Waals surface area (Å²) in [5, 5.41) is 3.46. The van der Waals surface area contributed by atoms with E-state index >= 15 is 0 Å². The first kappa shape index (κ1) is 22.4. The Hall–Kier alpha value is -0.860. The smallest absolute Gasteiger partial charge is 0.194 e. The lowest BCUT2D eigenvalue weighted by atomic mass is 10.0. The molecule has 0 spiro atoms. The zero-order chi connectivity index (χ0) is 18.4. The van der Waals surface area contributed by atoms with Crippen molar-refractivity contribution in [3.8, 4) is 0 Å². The molecule has 6 heteroatoms. The molecule has 0 aliphatic carbocycles. The maximum Gasteiger partial charge on any atom is 0.194 e. The summed E-state index contributed by atoms with van der Waals surface area (Å²) in [4.78, 5) is 7.27. The summed E-state index contributed by atoms with van der Waals surface area (Å²) in [7, 11) is 0. The van der Waals surface area contributed by atoms with E-state index in [4.69, 9.17) is 14.5 Å². The van der Waals surface area contributed by atoms with Crippen LogP contribution in [0.25, 0.3) is 0 Å². The summed E-state index contributed by atoms with van der Waals surface area (Å²) in [6.07, 6.45) is 2.65. The molecule has 2 aliphatic heterocycles. The highest BCUT2D eigenvalue weighted by atomic mass is 127. The molecule has 3 unspecified atom stereocenters. The van der Waals surface area contributed by atoms with Gasteiger partial charge in [-0.2, -0.15) is 0 Å². The fraction of sp³-hybridized carbons (Fsp3) is 0.667. The molecule has 2 saturated heterocycles. The number of nitrogens with one attached hydrogen (secondary N) is 1. The third-order valence-corrected chi connectivity index (χ3v) is 5.27. The van der Waals surface area contributed by atoms with Crippen LogP contribution in [-0.4, -0.2) is 62.5 Å². The van der Waals surface area contributed by atoms with Gasteiger partial charge in [0.2, 0.25) is 0 Å². The van der Waals surface area contributed by atoms with Gasteiger partial charge in [-0.3, -0.25) is 4.99 Å². The lowest BCUT2D eigenvalue weighted by Gasteiger charge is -2.37. The number of hydrogen-bond acceptors (Lipinski definition) is 3. The fourth-order valence-electron chi connectivity index (χ4n) is 3.64. The highest BCUT2D eigenvalue weighted by Crippen LogP contribution is 2.21. The molecule has 0 aromatic heterocycles. The molecule has 152 valence electrons. The summed E-state index contributed by atoms with van der Waals surface area (Å²) in [6, 6.07) is 8.78. The van der Waals surface area contributed by atoms with Crippen molar-refractivity contribution in [1.82, 2.24) is 10.2 Å². The van der Waals surface area contributed by atoms with E-state index in [2.05, 4.69) is 55.3 Å². The molecule has 1 aromatic carbocycles. The molecule has 5 nitrogen and oxygen atoms in total. The predicted octanol–water partition coefficient (Wildman–Crippen LogP) is 3.56. The Kier molecular flexibility index (Phi) is 9.32. The summed E-state index contributed by atoms with van der Waals surface area (Å²) >= 11 is 0. The maximum atomic E-state index is 5.98. The van der Waals surface area contributed by atoms with Crippen LogP contribution in [0.15, 0.2) is 29.3 Å². The number of nitrogens with zero attached hydrogens (tertiary/aromatic N) is 2. The van der Waals surface area contributed by atoms with Crippen LogP contribution in [0.5, 0.6) is 0 Å². The van der Waals surface area contributed by atoms with Gasteiger partial charge in [-0.05, 0) is 32.3 Å². The van der Waals surface area contributed by atoms with E-state index in [0.717, 1.165) is 58.2 Å². The van der Waals surface area contributed by atoms with E-state index in [1.807, 2.05) is 0 Å². The van der Waals surface area contributed by atoms with Gasteiger partial charge in [0.25, 0.3) is 0 Å². The van der Waals surface area contributed by atoms with Crippen molar-refractivity contribution in [2.75, 3.05) is 39.4 Å². The largest absolute Gasteiger partial charge is 0.375 e. The first-order valence-electron chi connectivity index (χ1n) is 10.0. The molecule has 2 heterocycles. The maximum absolute atomic E-state index is 5.98. The fourth-order valence-corrected chi connectivity index (χ4v) is 3.64. The minimum Gasteiger partial charge on any atom is -0.375 e. The molecule has 0 radical (unpaired) electrons.